The lowest BCUT2D eigenvalue weighted by molar-refractivity contribution is -0.139. The Hall–Kier alpha value is -2.85. The van der Waals surface area contributed by atoms with E-state index >= 15 is 0 Å². The molecule has 2 aromatic carbocycles. The first-order valence-electron chi connectivity index (χ1n) is 11.0. The van der Waals surface area contributed by atoms with Crippen molar-refractivity contribution in [3.63, 3.8) is 0 Å². The summed E-state index contributed by atoms with van der Waals surface area (Å²) in [4.78, 5) is 27.6. The largest absolute Gasteiger partial charge is 0.497 e. The highest BCUT2D eigenvalue weighted by Gasteiger charge is 2.30. The Morgan fingerprint density at radius 3 is 2.29 bits per heavy atom. The second-order valence-corrected chi connectivity index (χ2v) is 10.5. The number of halogens is 2. The van der Waals surface area contributed by atoms with Crippen molar-refractivity contribution in [2.24, 2.45) is 0 Å². The van der Waals surface area contributed by atoms with Gasteiger partial charge in [0.1, 0.15) is 24.2 Å². The van der Waals surface area contributed by atoms with E-state index in [4.69, 9.17) is 16.3 Å². The molecule has 11 heteroatoms. The van der Waals surface area contributed by atoms with Crippen molar-refractivity contribution in [1.82, 2.24) is 10.2 Å². The minimum Gasteiger partial charge on any atom is -0.497 e. The SMILES string of the molecule is CC[C@@H](C)NC(=O)[C@H](C)N(Cc1ccc(OC)cc1)C(=O)CN(c1ccc(F)c(Cl)c1)S(C)(=O)=O. The van der Waals surface area contributed by atoms with Crippen LogP contribution in [-0.2, 0) is 26.2 Å². The van der Waals surface area contributed by atoms with Crippen LogP contribution >= 0.6 is 11.6 Å². The van der Waals surface area contributed by atoms with E-state index in [0.29, 0.717) is 12.2 Å². The Morgan fingerprint density at radius 2 is 1.77 bits per heavy atom. The van der Waals surface area contributed by atoms with Gasteiger partial charge in [0.25, 0.3) is 0 Å². The third kappa shape index (κ3) is 7.83. The molecule has 0 aromatic heterocycles. The molecule has 1 N–H and O–H groups in total. The number of sulfonamides is 1. The lowest BCUT2D eigenvalue weighted by Crippen LogP contribution is -2.52. The third-order valence-electron chi connectivity index (χ3n) is 5.55. The fraction of sp³-hybridized carbons (Fsp3) is 0.417. The number of anilines is 1. The number of ether oxygens (including phenoxy) is 1. The molecule has 0 aliphatic heterocycles. The van der Waals surface area contributed by atoms with Crippen molar-refractivity contribution in [2.45, 2.75) is 45.8 Å². The molecule has 0 saturated heterocycles. The molecular formula is C24H31ClFN3O5S. The van der Waals surface area contributed by atoms with Crippen molar-refractivity contribution in [3.05, 3.63) is 58.9 Å². The lowest BCUT2D eigenvalue weighted by atomic mass is 10.1. The molecule has 0 aliphatic rings. The molecule has 0 spiro atoms. The Bertz CT molecular complexity index is 1140. The van der Waals surface area contributed by atoms with Crippen LogP contribution in [-0.4, -0.2) is 57.1 Å². The summed E-state index contributed by atoms with van der Waals surface area (Å²) < 4.78 is 44.7. The first-order valence-corrected chi connectivity index (χ1v) is 13.3. The number of benzene rings is 2. The predicted octanol–water partition coefficient (Wildman–Crippen LogP) is 3.59. The predicted molar refractivity (Wildman–Crippen MR) is 135 cm³/mol. The van der Waals surface area contributed by atoms with Crippen LogP contribution in [0.2, 0.25) is 5.02 Å². The van der Waals surface area contributed by atoms with Gasteiger partial charge in [0, 0.05) is 12.6 Å². The maximum absolute atomic E-state index is 13.6. The van der Waals surface area contributed by atoms with E-state index in [1.165, 1.54) is 18.1 Å². The van der Waals surface area contributed by atoms with Gasteiger partial charge in [-0.3, -0.25) is 13.9 Å². The van der Waals surface area contributed by atoms with Crippen LogP contribution in [0.15, 0.2) is 42.5 Å². The van der Waals surface area contributed by atoms with E-state index in [1.54, 1.807) is 31.2 Å². The van der Waals surface area contributed by atoms with E-state index in [9.17, 15) is 22.4 Å². The molecule has 0 aliphatic carbocycles. The number of hydrogen-bond donors (Lipinski definition) is 1. The molecule has 0 fully saturated rings. The summed E-state index contributed by atoms with van der Waals surface area (Å²) in [7, 11) is -2.40. The summed E-state index contributed by atoms with van der Waals surface area (Å²) in [5.41, 5.74) is 0.756. The first kappa shape index (κ1) is 28.4. The van der Waals surface area contributed by atoms with Crippen LogP contribution < -0.4 is 14.4 Å². The standard InChI is InChI=1S/C24H31ClFN3O5S/c1-6-16(2)27-24(31)17(3)28(14-18-7-10-20(34-4)11-8-18)23(30)15-29(35(5,32)33)19-9-12-22(26)21(25)13-19/h7-13,16-17H,6,14-15H2,1-5H3,(H,27,31)/t16-,17+/m1/s1. The topological polar surface area (TPSA) is 96.0 Å². The van der Waals surface area contributed by atoms with Gasteiger partial charge in [-0.05, 0) is 56.2 Å². The Labute approximate surface area is 211 Å². The van der Waals surface area contributed by atoms with E-state index in [1.807, 2.05) is 13.8 Å². The summed E-state index contributed by atoms with van der Waals surface area (Å²) >= 11 is 5.84. The molecule has 2 rings (SSSR count). The second-order valence-electron chi connectivity index (χ2n) is 8.23. The number of hydrogen-bond acceptors (Lipinski definition) is 5. The smallest absolute Gasteiger partial charge is 0.244 e. The van der Waals surface area contributed by atoms with Gasteiger partial charge in [-0.1, -0.05) is 30.7 Å². The van der Waals surface area contributed by atoms with Gasteiger partial charge in [-0.2, -0.15) is 0 Å². The van der Waals surface area contributed by atoms with Crippen LogP contribution in [0.5, 0.6) is 5.75 Å². The molecule has 0 radical (unpaired) electrons. The highest BCUT2D eigenvalue weighted by molar-refractivity contribution is 7.92. The lowest BCUT2D eigenvalue weighted by Gasteiger charge is -2.32. The molecule has 8 nitrogen and oxygen atoms in total. The Kier molecular flexibility index (Phi) is 9.91. The molecule has 2 aromatic rings. The summed E-state index contributed by atoms with van der Waals surface area (Å²) in [5, 5.41) is 2.58. The molecule has 0 bridgehead atoms. The normalized spacial score (nSPS) is 13.0. The van der Waals surface area contributed by atoms with Crippen LogP contribution in [0.3, 0.4) is 0 Å². The van der Waals surface area contributed by atoms with Crippen LogP contribution in [0.4, 0.5) is 10.1 Å². The summed E-state index contributed by atoms with van der Waals surface area (Å²) in [6.07, 6.45) is 1.64. The van der Waals surface area contributed by atoms with Gasteiger partial charge in [0.2, 0.25) is 21.8 Å². The Balaban J connectivity index is 2.40. The van der Waals surface area contributed by atoms with Crippen molar-refractivity contribution in [3.8, 4) is 5.75 Å². The van der Waals surface area contributed by atoms with Crippen molar-refractivity contribution < 1.29 is 27.1 Å². The van der Waals surface area contributed by atoms with Gasteiger partial charge in [0.15, 0.2) is 0 Å². The zero-order valence-electron chi connectivity index (χ0n) is 20.4. The van der Waals surface area contributed by atoms with Gasteiger partial charge in [-0.25, -0.2) is 12.8 Å². The number of carbonyl (C=O) groups is 2. The first-order chi connectivity index (χ1) is 16.4. The summed E-state index contributed by atoms with van der Waals surface area (Å²) in [6.45, 7) is 4.81. The maximum atomic E-state index is 13.6. The fourth-order valence-corrected chi connectivity index (χ4v) is 4.25. The average molecular weight is 528 g/mol. The average Bonchev–Trinajstić information content (AvgIpc) is 2.81. The van der Waals surface area contributed by atoms with Crippen molar-refractivity contribution in [1.29, 1.82) is 0 Å². The number of methoxy groups -OCH3 is 1. The van der Waals surface area contributed by atoms with E-state index in [2.05, 4.69) is 5.32 Å². The van der Waals surface area contributed by atoms with E-state index in [0.717, 1.165) is 28.3 Å². The number of carbonyl (C=O) groups excluding carboxylic acids is 2. The molecule has 0 saturated carbocycles. The number of nitrogens with zero attached hydrogens (tertiary/aromatic N) is 2. The van der Waals surface area contributed by atoms with Gasteiger partial charge >= 0.3 is 0 Å². The van der Waals surface area contributed by atoms with Gasteiger partial charge < -0.3 is 15.0 Å². The highest BCUT2D eigenvalue weighted by Crippen LogP contribution is 2.25. The molecule has 0 heterocycles. The van der Waals surface area contributed by atoms with Crippen LogP contribution in [0.1, 0.15) is 32.8 Å². The molecule has 192 valence electrons. The third-order valence-corrected chi connectivity index (χ3v) is 6.98. The minimum atomic E-state index is -3.94. The summed E-state index contributed by atoms with van der Waals surface area (Å²) in [5.74, 6) is -1.06. The molecule has 35 heavy (non-hydrogen) atoms. The molecule has 0 unspecified atom stereocenters. The second kappa shape index (κ2) is 12.2. The van der Waals surface area contributed by atoms with Crippen molar-refractivity contribution >= 4 is 39.1 Å². The fourth-order valence-electron chi connectivity index (χ4n) is 3.23. The Morgan fingerprint density at radius 1 is 1.14 bits per heavy atom. The van der Waals surface area contributed by atoms with Crippen LogP contribution in [0.25, 0.3) is 0 Å². The number of amides is 2. The zero-order valence-corrected chi connectivity index (χ0v) is 22.0. The minimum absolute atomic E-state index is 0.0355. The van der Waals surface area contributed by atoms with E-state index in [-0.39, 0.29) is 29.2 Å². The van der Waals surface area contributed by atoms with Gasteiger partial charge in [0.05, 0.1) is 24.1 Å². The maximum Gasteiger partial charge on any atom is 0.244 e. The zero-order chi connectivity index (χ0) is 26.3. The van der Waals surface area contributed by atoms with Gasteiger partial charge in [-0.15, -0.1) is 0 Å². The molecule has 2 amide bonds. The highest BCUT2D eigenvalue weighted by atomic mass is 35.5. The van der Waals surface area contributed by atoms with E-state index < -0.39 is 34.3 Å². The molecular weight excluding hydrogens is 497 g/mol. The van der Waals surface area contributed by atoms with Crippen molar-refractivity contribution in [2.75, 3.05) is 24.2 Å². The molecule has 2 atom stereocenters. The number of rotatable bonds is 11. The number of nitrogens with one attached hydrogen (secondary N) is 1. The van der Waals surface area contributed by atoms with Crippen LogP contribution in [0, 0.1) is 5.82 Å². The monoisotopic (exact) mass is 527 g/mol. The quantitative estimate of drug-likeness (QED) is 0.482. The summed E-state index contributed by atoms with van der Waals surface area (Å²) in [6, 6.07) is 9.36.